The van der Waals surface area contributed by atoms with Crippen LogP contribution in [0.25, 0.3) is 0 Å². The minimum absolute atomic E-state index is 0.106. The highest BCUT2D eigenvalue weighted by molar-refractivity contribution is 7.90. The van der Waals surface area contributed by atoms with Crippen molar-refractivity contribution in [1.82, 2.24) is 10.2 Å². The summed E-state index contributed by atoms with van der Waals surface area (Å²) >= 11 is 0. The number of nitrogens with zero attached hydrogens (tertiary/aromatic N) is 1. The molecule has 140 valence electrons. The fraction of sp³-hybridized carbons (Fsp3) is 0.611. The summed E-state index contributed by atoms with van der Waals surface area (Å²) in [5, 5.41) is 3.04. The highest BCUT2D eigenvalue weighted by atomic mass is 32.2. The van der Waals surface area contributed by atoms with E-state index in [0.29, 0.717) is 5.92 Å². The Morgan fingerprint density at radius 3 is 2.40 bits per heavy atom. The molecule has 0 radical (unpaired) electrons. The van der Waals surface area contributed by atoms with Crippen molar-refractivity contribution in [2.45, 2.75) is 37.1 Å². The van der Waals surface area contributed by atoms with Crippen molar-refractivity contribution in [3.05, 3.63) is 29.8 Å². The summed E-state index contributed by atoms with van der Waals surface area (Å²) in [6.45, 7) is 4.25. The highest BCUT2D eigenvalue weighted by Crippen LogP contribution is 2.20. The molecule has 2 rings (SSSR count). The second kappa shape index (κ2) is 8.67. The largest absolute Gasteiger partial charge is 0.381 e. The Morgan fingerprint density at radius 1 is 1.28 bits per heavy atom. The fourth-order valence-electron chi connectivity index (χ4n) is 3.03. The molecule has 1 aliphatic rings. The summed E-state index contributed by atoms with van der Waals surface area (Å²) in [6.07, 6.45) is 3.89. The summed E-state index contributed by atoms with van der Waals surface area (Å²) in [5.74, 6) is 0.485. The molecule has 7 heteroatoms. The number of carbonyl (C=O) groups is 1. The number of hydrogen-bond donors (Lipinski definition) is 1. The second-order valence-corrected chi connectivity index (χ2v) is 8.70. The van der Waals surface area contributed by atoms with Crippen LogP contribution < -0.4 is 5.32 Å². The van der Waals surface area contributed by atoms with E-state index in [1.54, 1.807) is 29.2 Å². The molecule has 1 aromatic rings. The van der Waals surface area contributed by atoms with Gasteiger partial charge in [0.15, 0.2) is 9.84 Å². The quantitative estimate of drug-likeness (QED) is 0.837. The smallest absolute Gasteiger partial charge is 0.317 e. The molecule has 1 heterocycles. The van der Waals surface area contributed by atoms with Crippen molar-refractivity contribution in [3.63, 3.8) is 0 Å². The van der Waals surface area contributed by atoms with E-state index in [9.17, 15) is 13.2 Å². The van der Waals surface area contributed by atoms with Crippen LogP contribution in [0.3, 0.4) is 0 Å². The van der Waals surface area contributed by atoms with Gasteiger partial charge in [0.2, 0.25) is 0 Å². The minimum Gasteiger partial charge on any atom is -0.381 e. The van der Waals surface area contributed by atoms with Gasteiger partial charge in [-0.2, -0.15) is 0 Å². The Kier molecular flexibility index (Phi) is 6.84. The first-order valence-electron chi connectivity index (χ1n) is 8.70. The lowest BCUT2D eigenvalue weighted by Gasteiger charge is -2.28. The van der Waals surface area contributed by atoms with Crippen LogP contribution in [0.4, 0.5) is 4.79 Å². The van der Waals surface area contributed by atoms with Crippen LogP contribution in [0, 0.1) is 5.92 Å². The Hall–Kier alpha value is -1.60. The standard InChI is InChI=1S/C18H28N2O4S/c1-4-17(15-5-7-16(8-6-15)25(3,22)23)19-18(21)20(2)13-14-9-11-24-12-10-14/h5-8,14,17H,4,9-13H2,1-3H3,(H,19,21)/t17-/m1/s1. The zero-order chi connectivity index (χ0) is 18.4. The summed E-state index contributed by atoms with van der Waals surface area (Å²) in [4.78, 5) is 14.5. The monoisotopic (exact) mass is 368 g/mol. The van der Waals surface area contributed by atoms with E-state index in [-0.39, 0.29) is 17.0 Å². The number of nitrogens with one attached hydrogen (secondary N) is 1. The molecular formula is C18H28N2O4S. The number of amides is 2. The first kappa shape index (κ1) is 19.7. The summed E-state index contributed by atoms with van der Waals surface area (Å²) in [5.41, 5.74) is 0.905. The van der Waals surface area contributed by atoms with E-state index in [4.69, 9.17) is 4.74 Å². The minimum atomic E-state index is -3.21. The van der Waals surface area contributed by atoms with Gasteiger partial charge in [0.1, 0.15) is 0 Å². The fourth-order valence-corrected chi connectivity index (χ4v) is 3.66. The van der Waals surface area contributed by atoms with Crippen molar-refractivity contribution in [2.24, 2.45) is 5.92 Å². The molecule has 1 aromatic carbocycles. The molecule has 2 amide bonds. The molecule has 6 nitrogen and oxygen atoms in total. The van der Waals surface area contributed by atoms with E-state index in [0.717, 1.165) is 44.6 Å². The Bertz CT molecular complexity index is 667. The summed E-state index contributed by atoms with van der Waals surface area (Å²) in [6, 6.07) is 6.46. The molecule has 1 fully saturated rings. The highest BCUT2D eigenvalue weighted by Gasteiger charge is 2.21. The Morgan fingerprint density at radius 2 is 1.88 bits per heavy atom. The van der Waals surface area contributed by atoms with Crippen LogP contribution >= 0.6 is 0 Å². The summed E-state index contributed by atoms with van der Waals surface area (Å²) < 4.78 is 28.5. The van der Waals surface area contributed by atoms with Gasteiger partial charge in [0.25, 0.3) is 0 Å². The van der Waals surface area contributed by atoms with Gasteiger partial charge >= 0.3 is 6.03 Å². The van der Waals surface area contributed by atoms with Gasteiger partial charge in [-0.3, -0.25) is 0 Å². The van der Waals surface area contributed by atoms with E-state index in [1.165, 1.54) is 6.26 Å². The molecule has 0 aliphatic carbocycles. The molecule has 0 unspecified atom stereocenters. The van der Waals surface area contributed by atoms with Crippen molar-refractivity contribution in [3.8, 4) is 0 Å². The van der Waals surface area contributed by atoms with Crippen LogP contribution in [-0.4, -0.2) is 52.4 Å². The Balaban J connectivity index is 1.96. The number of carbonyl (C=O) groups excluding carboxylic acids is 1. The van der Waals surface area contributed by atoms with Gasteiger partial charge < -0.3 is 15.0 Å². The van der Waals surface area contributed by atoms with Gasteiger partial charge in [-0.05, 0) is 42.9 Å². The van der Waals surface area contributed by atoms with Crippen LogP contribution in [0.15, 0.2) is 29.2 Å². The maximum Gasteiger partial charge on any atom is 0.317 e. The maximum atomic E-state index is 12.5. The molecule has 1 aliphatic heterocycles. The van der Waals surface area contributed by atoms with Crippen LogP contribution in [0.2, 0.25) is 0 Å². The van der Waals surface area contributed by atoms with Crippen LogP contribution in [-0.2, 0) is 14.6 Å². The number of hydrogen-bond acceptors (Lipinski definition) is 4. The zero-order valence-corrected chi connectivity index (χ0v) is 16.0. The first-order chi connectivity index (χ1) is 11.8. The molecule has 0 spiro atoms. The molecule has 0 bridgehead atoms. The van der Waals surface area contributed by atoms with E-state index in [2.05, 4.69) is 5.32 Å². The number of sulfone groups is 1. The predicted octanol–water partition coefficient (Wildman–Crippen LogP) is 2.61. The Labute approximate surface area is 150 Å². The lowest BCUT2D eigenvalue weighted by molar-refractivity contribution is 0.0585. The number of urea groups is 1. The molecule has 1 atom stereocenters. The molecular weight excluding hydrogens is 340 g/mol. The predicted molar refractivity (Wildman–Crippen MR) is 97.3 cm³/mol. The van der Waals surface area contributed by atoms with Gasteiger partial charge in [0, 0.05) is 33.1 Å². The zero-order valence-electron chi connectivity index (χ0n) is 15.2. The molecule has 1 saturated heterocycles. The van der Waals surface area contributed by atoms with Gasteiger partial charge in [-0.25, -0.2) is 13.2 Å². The maximum absolute atomic E-state index is 12.5. The third-order valence-electron chi connectivity index (χ3n) is 4.64. The summed E-state index contributed by atoms with van der Waals surface area (Å²) in [7, 11) is -1.40. The van der Waals surface area contributed by atoms with E-state index >= 15 is 0 Å². The average Bonchev–Trinajstić information content (AvgIpc) is 2.59. The SMILES string of the molecule is CC[C@@H](NC(=O)N(C)CC1CCOCC1)c1ccc(S(C)(=O)=O)cc1. The van der Waals surface area contributed by atoms with Gasteiger partial charge in [0.05, 0.1) is 10.9 Å². The number of benzene rings is 1. The molecule has 0 aromatic heterocycles. The molecule has 1 N–H and O–H groups in total. The van der Waals surface area contributed by atoms with E-state index in [1.807, 2.05) is 14.0 Å². The van der Waals surface area contributed by atoms with Crippen LogP contribution in [0.1, 0.15) is 37.8 Å². The average molecular weight is 368 g/mol. The first-order valence-corrected chi connectivity index (χ1v) is 10.6. The second-order valence-electron chi connectivity index (χ2n) is 6.69. The normalized spacial score (nSPS) is 17.1. The third kappa shape index (κ3) is 5.71. The van der Waals surface area contributed by atoms with Gasteiger partial charge in [-0.15, -0.1) is 0 Å². The molecule has 0 saturated carbocycles. The lowest BCUT2D eigenvalue weighted by atomic mass is 10.00. The topological polar surface area (TPSA) is 75.7 Å². The number of ether oxygens (including phenoxy) is 1. The number of rotatable bonds is 6. The van der Waals surface area contributed by atoms with E-state index < -0.39 is 9.84 Å². The lowest BCUT2D eigenvalue weighted by Crippen LogP contribution is -2.42. The van der Waals surface area contributed by atoms with Crippen molar-refractivity contribution >= 4 is 15.9 Å². The van der Waals surface area contributed by atoms with Gasteiger partial charge in [-0.1, -0.05) is 19.1 Å². The van der Waals surface area contributed by atoms with Crippen molar-refractivity contribution < 1.29 is 17.9 Å². The molecule has 25 heavy (non-hydrogen) atoms. The van der Waals surface area contributed by atoms with Crippen LogP contribution in [0.5, 0.6) is 0 Å². The van der Waals surface area contributed by atoms with Crippen molar-refractivity contribution in [1.29, 1.82) is 0 Å². The van der Waals surface area contributed by atoms with Crippen molar-refractivity contribution in [2.75, 3.05) is 33.1 Å². The third-order valence-corrected chi connectivity index (χ3v) is 5.76.